The lowest BCUT2D eigenvalue weighted by molar-refractivity contribution is 0.0652. The second kappa shape index (κ2) is 4.26. The number of carbonyl (C=O) groups is 2. The average Bonchev–Trinajstić information content (AvgIpc) is 2.50. The van der Waals surface area contributed by atoms with Crippen molar-refractivity contribution >= 4 is 23.4 Å². The molecule has 0 spiro atoms. The van der Waals surface area contributed by atoms with Crippen LogP contribution < -0.4 is 0 Å². The number of halogens is 1. The quantitative estimate of drug-likeness (QED) is 0.758. The van der Waals surface area contributed by atoms with Gasteiger partial charge in [0.1, 0.15) is 0 Å². The van der Waals surface area contributed by atoms with E-state index in [4.69, 9.17) is 11.6 Å². The van der Waals surface area contributed by atoms with Crippen molar-refractivity contribution in [2.75, 3.05) is 6.54 Å². The van der Waals surface area contributed by atoms with E-state index in [9.17, 15) is 9.59 Å². The maximum Gasteiger partial charge on any atom is 0.261 e. The third-order valence-electron chi connectivity index (χ3n) is 2.67. The molecular weight excluding hydrogens is 226 g/mol. The Morgan fingerprint density at radius 3 is 2.56 bits per heavy atom. The predicted molar refractivity (Wildman–Crippen MR) is 61.7 cm³/mol. The van der Waals surface area contributed by atoms with E-state index in [1.807, 2.05) is 6.92 Å². The van der Waals surface area contributed by atoms with Gasteiger partial charge in [0.05, 0.1) is 11.1 Å². The molecule has 4 heteroatoms. The molecule has 0 unspecified atom stereocenters. The lowest BCUT2D eigenvalue weighted by Crippen LogP contribution is -2.30. The zero-order chi connectivity index (χ0) is 11.7. The van der Waals surface area contributed by atoms with E-state index in [1.165, 1.54) is 4.90 Å². The SMILES string of the molecule is CCCCN1C(=O)c2ccc(Cl)cc2C1=O. The highest BCUT2D eigenvalue weighted by atomic mass is 35.5. The maximum absolute atomic E-state index is 11.9. The molecule has 0 fully saturated rings. The van der Waals surface area contributed by atoms with Gasteiger partial charge in [-0.15, -0.1) is 0 Å². The standard InChI is InChI=1S/C12H12ClNO2/c1-2-3-6-14-11(15)9-5-4-8(13)7-10(9)12(14)16/h4-5,7H,2-3,6H2,1H3. The fourth-order valence-corrected chi connectivity index (χ4v) is 1.95. The zero-order valence-electron chi connectivity index (χ0n) is 9.00. The van der Waals surface area contributed by atoms with Crippen molar-refractivity contribution in [3.8, 4) is 0 Å². The van der Waals surface area contributed by atoms with Crippen LogP contribution in [0.15, 0.2) is 18.2 Å². The first-order valence-electron chi connectivity index (χ1n) is 5.31. The summed E-state index contributed by atoms with van der Waals surface area (Å²) in [6.45, 7) is 2.51. The average molecular weight is 238 g/mol. The molecule has 2 rings (SSSR count). The van der Waals surface area contributed by atoms with Crippen molar-refractivity contribution in [3.05, 3.63) is 34.3 Å². The van der Waals surface area contributed by atoms with E-state index < -0.39 is 0 Å². The Morgan fingerprint density at radius 2 is 1.88 bits per heavy atom. The highest BCUT2D eigenvalue weighted by molar-refractivity contribution is 6.32. The minimum atomic E-state index is -0.226. The lowest BCUT2D eigenvalue weighted by atomic mass is 10.1. The minimum absolute atomic E-state index is 0.204. The third-order valence-corrected chi connectivity index (χ3v) is 2.90. The molecule has 1 aliphatic heterocycles. The van der Waals surface area contributed by atoms with E-state index in [2.05, 4.69) is 0 Å². The molecule has 0 radical (unpaired) electrons. The van der Waals surface area contributed by atoms with E-state index in [0.29, 0.717) is 22.7 Å². The van der Waals surface area contributed by atoms with Gasteiger partial charge in [-0.1, -0.05) is 24.9 Å². The number of rotatable bonds is 3. The first kappa shape index (κ1) is 11.1. The number of hydrogen-bond donors (Lipinski definition) is 0. The van der Waals surface area contributed by atoms with Crippen LogP contribution in [0.4, 0.5) is 0 Å². The molecule has 84 valence electrons. The molecule has 0 aliphatic carbocycles. The summed E-state index contributed by atoms with van der Waals surface area (Å²) in [6.07, 6.45) is 1.79. The number of benzene rings is 1. The summed E-state index contributed by atoms with van der Waals surface area (Å²) in [5.74, 6) is -0.430. The van der Waals surface area contributed by atoms with Crippen molar-refractivity contribution < 1.29 is 9.59 Å². The van der Waals surface area contributed by atoms with Crippen LogP contribution >= 0.6 is 11.6 Å². The first-order valence-corrected chi connectivity index (χ1v) is 5.68. The molecule has 0 aromatic heterocycles. The topological polar surface area (TPSA) is 37.4 Å². The number of amides is 2. The monoisotopic (exact) mass is 237 g/mol. The van der Waals surface area contributed by atoms with Gasteiger partial charge in [-0.25, -0.2) is 0 Å². The number of hydrogen-bond acceptors (Lipinski definition) is 2. The Hall–Kier alpha value is -1.35. The molecule has 1 aliphatic rings. The van der Waals surface area contributed by atoms with E-state index in [-0.39, 0.29) is 11.8 Å². The van der Waals surface area contributed by atoms with Crippen molar-refractivity contribution in [2.45, 2.75) is 19.8 Å². The Labute approximate surface area is 99.0 Å². The Balaban J connectivity index is 2.33. The molecule has 3 nitrogen and oxygen atoms in total. The molecule has 0 bridgehead atoms. The smallest absolute Gasteiger partial charge is 0.261 e. The molecule has 0 N–H and O–H groups in total. The number of unbranched alkanes of at least 4 members (excludes halogenated alkanes) is 1. The van der Waals surface area contributed by atoms with Gasteiger partial charge in [0.15, 0.2) is 0 Å². The largest absolute Gasteiger partial charge is 0.274 e. The van der Waals surface area contributed by atoms with Crippen LogP contribution in [0, 0.1) is 0 Å². The molecular formula is C12H12ClNO2. The second-order valence-corrected chi connectivity index (χ2v) is 4.24. The van der Waals surface area contributed by atoms with Gasteiger partial charge in [-0.3, -0.25) is 14.5 Å². The summed E-state index contributed by atoms with van der Waals surface area (Å²) in [4.78, 5) is 25.1. The molecule has 2 amide bonds. The molecule has 0 saturated heterocycles. The first-order chi connectivity index (χ1) is 7.65. The van der Waals surface area contributed by atoms with E-state index in [1.54, 1.807) is 18.2 Å². The van der Waals surface area contributed by atoms with E-state index in [0.717, 1.165) is 12.8 Å². The fourth-order valence-electron chi connectivity index (χ4n) is 1.78. The molecule has 1 heterocycles. The summed E-state index contributed by atoms with van der Waals surface area (Å²) in [5.41, 5.74) is 0.888. The van der Waals surface area contributed by atoms with E-state index >= 15 is 0 Å². The van der Waals surface area contributed by atoms with Crippen molar-refractivity contribution in [1.82, 2.24) is 4.90 Å². The van der Waals surface area contributed by atoms with Crippen LogP contribution in [0.1, 0.15) is 40.5 Å². The molecule has 1 aromatic carbocycles. The zero-order valence-corrected chi connectivity index (χ0v) is 9.75. The Kier molecular flexibility index (Phi) is 2.97. The Morgan fingerprint density at radius 1 is 1.19 bits per heavy atom. The number of imide groups is 1. The highest BCUT2D eigenvalue weighted by Gasteiger charge is 2.34. The van der Waals surface area contributed by atoms with Gasteiger partial charge in [0.2, 0.25) is 0 Å². The van der Waals surface area contributed by atoms with Gasteiger partial charge in [0, 0.05) is 11.6 Å². The van der Waals surface area contributed by atoms with Gasteiger partial charge in [-0.2, -0.15) is 0 Å². The lowest BCUT2D eigenvalue weighted by Gasteiger charge is -2.12. The Bertz CT molecular complexity index is 456. The highest BCUT2D eigenvalue weighted by Crippen LogP contribution is 2.25. The molecule has 0 atom stereocenters. The molecule has 16 heavy (non-hydrogen) atoms. The summed E-state index contributed by atoms with van der Waals surface area (Å²) in [5, 5.41) is 0.484. The summed E-state index contributed by atoms with van der Waals surface area (Å²) in [6, 6.07) is 4.81. The summed E-state index contributed by atoms with van der Waals surface area (Å²) >= 11 is 5.81. The number of nitrogens with zero attached hydrogens (tertiary/aromatic N) is 1. The van der Waals surface area contributed by atoms with Gasteiger partial charge >= 0.3 is 0 Å². The van der Waals surface area contributed by atoms with Crippen LogP contribution in [0.3, 0.4) is 0 Å². The van der Waals surface area contributed by atoms with Crippen LogP contribution in [0.25, 0.3) is 0 Å². The van der Waals surface area contributed by atoms with Gasteiger partial charge in [0.25, 0.3) is 11.8 Å². The third kappa shape index (κ3) is 1.71. The van der Waals surface area contributed by atoms with Crippen LogP contribution in [-0.2, 0) is 0 Å². The van der Waals surface area contributed by atoms with Crippen LogP contribution in [-0.4, -0.2) is 23.3 Å². The van der Waals surface area contributed by atoms with Crippen LogP contribution in [0.2, 0.25) is 5.02 Å². The van der Waals surface area contributed by atoms with Gasteiger partial charge in [-0.05, 0) is 24.6 Å². The number of carbonyl (C=O) groups excluding carboxylic acids is 2. The summed E-state index contributed by atoms with van der Waals surface area (Å²) in [7, 11) is 0. The molecule has 0 saturated carbocycles. The maximum atomic E-state index is 11.9. The van der Waals surface area contributed by atoms with Gasteiger partial charge < -0.3 is 0 Å². The van der Waals surface area contributed by atoms with Crippen molar-refractivity contribution in [1.29, 1.82) is 0 Å². The fraction of sp³-hybridized carbons (Fsp3) is 0.333. The predicted octanol–water partition coefficient (Wildman–Crippen LogP) is 2.74. The van der Waals surface area contributed by atoms with Crippen molar-refractivity contribution in [3.63, 3.8) is 0 Å². The minimum Gasteiger partial charge on any atom is -0.274 e. The number of fused-ring (bicyclic) bond motifs is 1. The van der Waals surface area contributed by atoms with Crippen molar-refractivity contribution in [2.24, 2.45) is 0 Å². The normalized spacial score (nSPS) is 14.5. The molecule has 1 aromatic rings. The summed E-state index contributed by atoms with van der Waals surface area (Å²) < 4.78 is 0. The van der Waals surface area contributed by atoms with Crippen LogP contribution in [0.5, 0.6) is 0 Å². The second-order valence-electron chi connectivity index (χ2n) is 3.81.